The zero-order valence-electron chi connectivity index (χ0n) is 8.96. The first-order valence-electron chi connectivity index (χ1n) is 4.64. The summed E-state index contributed by atoms with van der Waals surface area (Å²) in [6.45, 7) is 6.27. The predicted molar refractivity (Wildman–Crippen MR) is 54.6 cm³/mol. The summed E-state index contributed by atoms with van der Waals surface area (Å²) < 4.78 is 0. The summed E-state index contributed by atoms with van der Waals surface area (Å²) in [6.07, 6.45) is 1.24. The van der Waals surface area contributed by atoms with Crippen LogP contribution in [0, 0.1) is 0 Å². The molecule has 1 fully saturated rings. The van der Waals surface area contributed by atoms with E-state index in [-0.39, 0.29) is 0 Å². The van der Waals surface area contributed by atoms with Gasteiger partial charge in [-0.05, 0) is 6.42 Å². The Bertz CT molecular complexity index is 131. The maximum atomic E-state index is 4.18. The van der Waals surface area contributed by atoms with E-state index in [1.165, 1.54) is 6.42 Å². The van der Waals surface area contributed by atoms with Crippen molar-refractivity contribution < 1.29 is 0 Å². The van der Waals surface area contributed by atoms with Gasteiger partial charge in [-0.1, -0.05) is 13.8 Å². The van der Waals surface area contributed by atoms with E-state index in [2.05, 4.69) is 28.9 Å². The maximum absolute atomic E-state index is 4.18. The topological polar surface area (TPSA) is 18.8 Å². The van der Waals surface area contributed by atoms with Gasteiger partial charge in [-0.25, -0.2) is 0 Å². The van der Waals surface area contributed by atoms with Crippen LogP contribution in [0.5, 0.6) is 0 Å². The molecular weight excluding hydrogens is 150 g/mol. The van der Waals surface area contributed by atoms with Crippen LogP contribution >= 0.6 is 0 Å². The monoisotopic (exact) mass is 171 g/mol. The molecule has 0 bridgehead atoms. The number of aliphatic imine (C=N–C) groups is 1. The summed E-state index contributed by atoms with van der Waals surface area (Å²) in [5, 5.41) is 0. The van der Waals surface area contributed by atoms with Crippen molar-refractivity contribution in [2.45, 2.75) is 20.3 Å². The van der Waals surface area contributed by atoms with Crippen LogP contribution in [0.25, 0.3) is 0 Å². The average molecular weight is 171 g/mol. The molecule has 0 amide bonds. The fourth-order valence-corrected chi connectivity index (χ4v) is 1.38. The highest BCUT2D eigenvalue weighted by molar-refractivity contribution is 5.80. The second-order valence-corrected chi connectivity index (χ2v) is 2.72. The van der Waals surface area contributed by atoms with E-state index in [0.717, 1.165) is 19.0 Å². The molecule has 0 spiro atoms. The molecule has 1 aliphatic heterocycles. The van der Waals surface area contributed by atoms with Gasteiger partial charge >= 0.3 is 0 Å². The summed E-state index contributed by atoms with van der Waals surface area (Å²) in [5.74, 6) is 1.10. The highest BCUT2D eigenvalue weighted by Gasteiger charge is 2.15. The van der Waals surface area contributed by atoms with Crippen molar-refractivity contribution in [1.29, 1.82) is 0 Å². The van der Waals surface area contributed by atoms with E-state index in [0.29, 0.717) is 0 Å². The third-order valence-electron chi connectivity index (χ3n) is 1.87. The van der Waals surface area contributed by atoms with Crippen molar-refractivity contribution in [2.24, 2.45) is 4.99 Å². The second kappa shape index (κ2) is 5.86. The van der Waals surface area contributed by atoms with E-state index in [9.17, 15) is 0 Å². The van der Waals surface area contributed by atoms with E-state index < -0.39 is 0 Å². The van der Waals surface area contributed by atoms with Crippen molar-refractivity contribution in [3.63, 3.8) is 0 Å². The molecule has 72 valence electrons. The molecule has 0 aromatic carbocycles. The Kier molecular flexibility index (Phi) is 5.51. The minimum atomic E-state index is 1.10. The van der Waals surface area contributed by atoms with Gasteiger partial charge in [-0.2, -0.15) is 0 Å². The van der Waals surface area contributed by atoms with Crippen molar-refractivity contribution >= 4 is 5.96 Å². The first-order valence-corrected chi connectivity index (χ1v) is 4.64. The smallest absolute Gasteiger partial charge is 0.195 e. The molecule has 3 nitrogen and oxygen atoms in total. The summed E-state index contributed by atoms with van der Waals surface area (Å²) in [6, 6.07) is 0. The van der Waals surface area contributed by atoms with Gasteiger partial charge in [0.05, 0.1) is 0 Å². The molecule has 12 heavy (non-hydrogen) atoms. The Labute approximate surface area is 76.1 Å². The van der Waals surface area contributed by atoms with Gasteiger partial charge in [0, 0.05) is 34.2 Å². The van der Waals surface area contributed by atoms with Crippen molar-refractivity contribution in [3.05, 3.63) is 0 Å². The molecule has 0 saturated carbocycles. The van der Waals surface area contributed by atoms with E-state index in [4.69, 9.17) is 0 Å². The van der Waals surface area contributed by atoms with Crippen molar-refractivity contribution in [3.8, 4) is 0 Å². The van der Waals surface area contributed by atoms with Crippen LogP contribution in [0.2, 0.25) is 0 Å². The Morgan fingerprint density at radius 2 is 1.50 bits per heavy atom. The third-order valence-corrected chi connectivity index (χ3v) is 1.87. The molecule has 0 N–H and O–H groups in total. The van der Waals surface area contributed by atoms with Gasteiger partial charge < -0.3 is 9.80 Å². The Balaban J connectivity index is 0.000000561. The minimum absolute atomic E-state index is 1.10. The minimum Gasteiger partial charge on any atom is -0.346 e. The number of nitrogens with zero attached hydrogens (tertiary/aromatic N) is 3. The predicted octanol–water partition coefficient (Wildman–Crippen LogP) is 1.27. The fourth-order valence-electron chi connectivity index (χ4n) is 1.38. The van der Waals surface area contributed by atoms with Gasteiger partial charge in [-0.3, -0.25) is 4.99 Å². The van der Waals surface area contributed by atoms with E-state index in [1.54, 1.807) is 0 Å². The SMILES string of the molecule is CC.CN=C1N(C)CCCN1C. The van der Waals surface area contributed by atoms with Crippen LogP contribution in [0.15, 0.2) is 4.99 Å². The Morgan fingerprint density at radius 3 is 1.75 bits per heavy atom. The van der Waals surface area contributed by atoms with E-state index in [1.807, 2.05) is 20.9 Å². The van der Waals surface area contributed by atoms with Gasteiger partial charge in [-0.15, -0.1) is 0 Å². The van der Waals surface area contributed by atoms with Gasteiger partial charge in [0.1, 0.15) is 0 Å². The molecule has 0 radical (unpaired) electrons. The van der Waals surface area contributed by atoms with Gasteiger partial charge in [0.2, 0.25) is 0 Å². The molecule has 1 saturated heterocycles. The molecule has 0 aromatic heterocycles. The lowest BCUT2D eigenvalue weighted by molar-refractivity contribution is 0.318. The normalized spacial score (nSPS) is 16.9. The third kappa shape index (κ3) is 2.72. The Hall–Kier alpha value is -0.730. The quantitative estimate of drug-likeness (QED) is 0.546. The maximum Gasteiger partial charge on any atom is 0.195 e. The summed E-state index contributed by atoms with van der Waals surface area (Å²) in [4.78, 5) is 8.55. The largest absolute Gasteiger partial charge is 0.346 e. The highest BCUT2D eigenvalue weighted by atomic mass is 15.4. The van der Waals surface area contributed by atoms with Crippen LogP contribution in [0.4, 0.5) is 0 Å². The molecule has 1 aliphatic rings. The lowest BCUT2D eigenvalue weighted by Gasteiger charge is -2.34. The number of hydrogen-bond donors (Lipinski definition) is 0. The van der Waals surface area contributed by atoms with Crippen molar-refractivity contribution in [1.82, 2.24) is 9.80 Å². The summed E-state index contributed by atoms with van der Waals surface area (Å²) in [5.41, 5.74) is 0. The molecule has 0 aromatic rings. The molecule has 0 aliphatic carbocycles. The number of guanidine groups is 1. The van der Waals surface area contributed by atoms with Crippen LogP contribution in [0.1, 0.15) is 20.3 Å². The molecule has 1 heterocycles. The first-order chi connectivity index (χ1) is 5.75. The molecule has 3 heteroatoms. The molecule has 1 rings (SSSR count). The standard InChI is InChI=1S/C7H15N3.C2H6/c1-8-7-9(2)5-4-6-10(7)3;1-2/h4-6H2,1-3H3;1-2H3. The van der Waals surface area contributed by atoms with Crippen LogP contribution in [0.3, 0.4) is 0 Å². The molecule has 0 unspecified atom stereocenters. The molecule has 0 atom stereocenters. The zero-order chi connectivity index (χ0) is 9.56. The molecular formula is C9H21N3. The lowest BCUT2D eigenvalue weighted by atomic mass is 10.3. The second-order valence-electron chi connectivity index (χ2n) is 2.72. The first kappa shape index (κ1) is 11.3. The van der Waals surface area contributed by atoms with Crippen molar-refractivity contribution in [2.75, 3.05) is 34.2 Å². The van der Waals surface area contributed by atoms with Gasteiger partial charge in [0.15, 0.2) is 5.96 Å². The van der Waals surface area contributed by atoms with Crippen LogP contribution < -0.4 is 0 Å². The number of hydrogen-bond acceptors (Lipinski definition) is 1. The summed E-state index contributed by atoms with van der Waals surface area (Å²) in [7, 11) is 6.00. The fraction of sp³-hybridized carbons (Fsp3) is 0.889. The summed E-state index contributed by atoms with van der Waals surface area (Å²) >= 11 is 0. The highest BCUT2D eigenvalue weighted by Crippen LogP contribution is 2.03. The number of rotatable bonds is 0. The van der Waals surface area contributed by atoms with Gasteiger partial charge in [0.25, 0.3) is 0 Å². The lowest BCUT2D eigenvalue weighted by Crippen LogP contribution is -2.46. The Morgan fingerprint density at radius 1 is 1.08 bits per heavy atom. The van der Waals surface area contributed by atoms with Crippen LogP contribution in [-0.4, -0.2) is 50.0 Å². The van der Waals surface area contributed by atoms with Crippen LogP contribution in [-0.2, 0) is 0 Å². The zero-order valence-corrected chi connectivity index (χ0v) is 8.96. The van der Waals surface area contributed by atoms with E-state index >= 15 is 0 Å². The average Bonchev–Trinajstić information content (AvgIpc) is 2.08.